The average molecular weight is 230 g/mol. The van der Waals surface area contributed by atoms with Crippen LogP contribution in [0.2, 0.25) is 0 Å². The molecule has 0 N–H and O–H groups in total. The molecule has 2 aliphatic heterocycles. The van der Waals surface area contributed by atoms with E-state index < -0.39 is 0 Å². The van der Waals surface area contributed by atoms with Gasteiger partial charge in [0.1, 0.15) is 0 Å². The zero-order valence-corrected chi connectivity index (χ0v) is 10.5. The SMILES string of the molecule is CSN1CCC(CN2CCOCC2)CC1. The third-order valence-corrected chi connectivity index (χ3v) is 4.33. The summed E-state index contributed by atoms with van der Waals surface area (Å²) in [5.41, 5.74) is 0. The van der Waals surface area contributed by atoms with Crippen LogP contribution >= 0.6 is 11.9 Å². The molecule has 0 saturated carbocycles. The Hall–Kier alpha value is 0.230. The fourth-order valence-electron chi connectivity index (χ4n) is 2.42. The Bertz CT molecular complexity index is 177. The zero-order chi connectivity index (χ0) is 10.5. The van der Waals surface area contributed by atoms with Crippen LogP contribution < -0.4 is 0 Å². The quantitative estimate of drug-likeness (QED) is 0.679. The first kappa shape index (κ1) is 11.7. The predicted molar refractivity (Wildman–Crippen MR) is 65.1 cm³/mol. The molecule has 4 heteroatoms. The summed E-state index contributed by atoms with van der Waals surface area (Å²) < 4.78 is 7.85. The van der Waals surface area contributed by atoms with E-state index in [0.717, 1.165) is 32.2 Å². The van der Waals surface area contributed by atoms with Gasteiger partial charge in [-0.2, -0.15) is 0 Å². The van der Waals surface area contributed by atoms with Crippen LogP contribution in [0.25, 0.3) is 0 Å². The van der Waals surface area contributed by atoms with E-state index in [1.54, 1.807) is 0 Å². The second kappa shape index (κ2) is 6.09. The lowest BCUT2D eigenvalue weighted by Gasteiger charge is -2.35. The van der Waals surface area contributed by atoms with Gasteiger partial charge >= 0.3 is 0 Å². The third kappa shape index (κ3) is 3.63. The molecule has 2 heterocycles. The molecule has 0 radical (unpaired) electrons. The van der Waals surface area contributed by atoms with Crippen LogP contribution in [0, 0.1) is 5.92 Å². The van der Waals surface area contributed by atoms with Gasteiger partial charge < -0.3 is 4.74 Å². The summed E-state index contributed by atoms with van der Waals surface area (Å²) in [4.78, 5) is 2.57. The molecular formula is C11H22N2OS. The van der Waals surface area contributed by atoms with Gasteiger partial charge in [0, 0.05) is 32.7 Å². The highest BCUT2D eigenvalue weighted by Crippen LogP contribution is 2.22. The van der Waals surface area contributed by atoms with E-state index in [-0.39, 0.29) is 0 Å². The minimum atomic E-state index is 0.923. The minimum absolute atomic E-state index is 0.923. The Morgan fingerprint density at radius 1 is 1.13 bits per heavy atom. The van der Waals surface area contributed by atoms with Crippen molar-refractivity contribution in [1.82, 2.24) is 9.21 Å². The summed E-state index contributed by atoms with van der Waals surface area (Å²) >= 11 is 1.89. The second-order valence-corrected chi connectivity index (χ2v) is 5.35. The van der Waals surface area contributed by atoms with Crippen molar-refractivity contribution in [1.29, 1.82) is 0 Å². The van der Waals surface area contributed by atoms with Crippen LogP contribution in [0.3, 0.4) is 0 Å². The van der Waals surface area contributed by atoms with Crippen LogP contribution in [0.1, 0.15) is 12.8 Å². The van der Waals surface area contributed by atoms with E-state index in [9.17, 15) is 0 Å². The Labute approximate surface area is 97.3 Å². The molecule has 0 unspecified atom stereocenters. The summed E-state index contributed by atoms with van der Waals surface area (Å²) in [6.07, 6.45) is 4.93. The lowest BCUT2D eigenvalue weighted by molar-refractivity contribution is 0.0271. The molecule has 2 saturated heterocycles. The monoisotopic (exact) mass is 230 g/mol. The molecule has 2 aliphatic rings. The molecule has 0 aromatic rings. The van der Waals surface area contributed by atoms with Crippen molar-refractivity contribution in [3.8, 4) is 0 Å². The average Bonchev–Trinajstić information content (AvgIpc) is 2.31. The van der Waals surface area contributed by atoms with Crippen LogP contribution in [0.15, 0.2) is 0 Å². The van der Waals surface area contributed by atoms with E-state index in [1.807, 2.05) is 11.9 Å². The van der Waals surface area contributed by atoms with Crippen LogP contribution in [0.4, 0.5) is 0 Å². The number of piperidine rings is 1. The maximum atomic E-state index is 5.37. The summed E-state index contributed by atoms with van der Waals surface area (Å²) in [6, 6.07) is 0. The number of hydrogen-bond donors (Lipinski definition) is 0. The number of ether oxygens (including phenoxy) is 1. The van der Waals surface area contributed by atoms with E-state index >= 15 is 0 Å². The lowest BCUT2D eigenvalue weighted by Crippen LogP contribution is -2.41. The number of nitrogens with zero attached hydrogens (tertiary/aromatic N) is 2. The predicted octanol–water partition coefficient (Wildman–Crippen LogP) is 1.31. The molecule has 0 aromatic carbocycles. The largest absolute Gasteiger partial charge is 0.379 e. The highest BCUT2D eigenvalue weighted by Gasteiger charge is 2.21. The third-order valence-electron chi connectivity index (χ3n) is 3.45. The van der Waals surface area contributed by atoms with Crippen molar-refractivity contribution >= 4 is 11.9 Å². The fraction of sp³-hybridized carbons (Fsp3) is 1.00. The molecule has 0 aromatic heterocycles. The van der Waals surface area contributed by atoms with Gasteiger partial charge in [0.25, 0.3) is 0 Å². The Kier molecular flexibility index (Phi) is 4.75. The zero-order valence-electron chi connectivity index (χ0n) is 9.65. The Morgan fingerprint density at radius 2 is 1.80 bits per heavy atom. The van der Waals surface area contributed by atoms with Crippen molar-refractivity contribution in [2.75, 3.05) is 52.2 Å². The standard InChI is InChI=1S/C11H22N2OS/c1-15-13-4-2-11(3-5-13)10-12-6-8-14-9-7-12/h11H,2-10H2,1H3. The number of rotatable bonds is 3. The number of hydrogen-bond acceptors (Lipinski definition) is 4. The second-order valence-electron chi connectivity index (χ2n) is 4.47. The van der Waals surface area contributed by atoms with Gasteiger partial charge in [-0.3, -0.25) is 9.21 Å². The molecule has 88 valence electrons. The van der Waals surface area contributed by atoms with Crippen molar-refractivity contribution < 1.29 is 4.74 Å². The maximum Gasteiger partial charge on any atom is 0.0594 e. The molecule has 0 bridgehead atoms. The van der Waals surface area contributed by atoms with E-state index in [0.29, 0.717) is 0 Å². The first-order chi connectivity index (χ1) is 7.38. The van der Waals surface area contributed by atoms with Gasteiger partial charge in [-0.25, -0.2) is 0 Å². The first-order valence-corrected chi connectivity index (χ1v) is 7.16. The van der Waals surface area contributed by atoms with Crippen LogP contribution in [0.5, 0.6) is 0 Å². The van der Waals surface area contributed by atoms with E-state index in [2.05, 4.69) is 15.5 Å². The number of morpholine rings is 1. The molecule has 2 fully saturated rings. The van der Waals surface area contributed by atoms with Crippen molar-refractivity contribution in [2.45, 2.75) is 12.8 Å². The van der Waals surface area contributed by atoms with Gasteiger partial charge in [-0.15, -0.1) is 0 Å². The normalized spacial score (nSPS) is 27.0. The van der Waals surface area contributed by atoms with E-state index in [1.165, 1.54) is 32.5 Å². The summed E-state index contributed by atoms with van der Waals surface area (Å²) in [7, 11) is 0. The summed E-state index contributed by atoms with van der Waals surface area (Å²) in [6.45, 7) is 8.00. The topological polar surface area (TPSA) is 15.7 Å². The molecular weight excluding hydrogens is 208 g/mol. The Morgan fingerprint density at radius 3 is 2.40 bits per heavy atom. The van der Waals surface area contributed by atoms with Crippen LogP contribution in [-0.2, 0) is 4.74 Å². The van der Waals surface area contributed by atoms with Crippen molar-refractivity contribution in [3.05, 3.63) is 0 Å². The van der Waals surface area contributed by atoms with Crippen molar-refractivity contribution in [2.24, 2.45) is 5.92 Å². The van der Waals surface area contributed by atoms with Gasteiger partial charge in [0.15, 0.2) is 0 Å². The molecule has 0 aliphatic carbocycles. The van der Waals surface area contributed by atoms with E-state index in [4.69, 9.17) is 4.74 Å². The van der Waals surface area contributed by atoms with Crippen LogP contribution in [-0.4, -0.2) is 61.4 Å². The Balaban J connectivity index is 1.67. The summed E-state index contributed by atoms with van der Waals surface area (Å²) in [5.74, 6) is 0.923. The molecule has 2 rings (SSSR count). The highest BCUT2D eigenvalue weighted by molar-refractivity contribution is 7.96. The van der Waals surface area contributed by atoms with Gasteiger partial charge in [-0.1, -0.05) is 11.9 Å². The van der Waals surface area contributed by atoms with Crippen molar-refractivity contribution in [3.63, 3.8) is 0 Å². The van der Waals surface area contributed by atoms with Gasteiger partial charge in [-0.05, 0) is 25.0 Å². The molecule has 0 amide bonds. The summed E-state index contributed by atoms with van der Waals surface area (Å²) in [5, 5.41) is 0. The molecule has 0 spiro atoms. The maximum absolute atomic E-state index is 5.37. The smallest absolute Gasteiger partial charge is 0.0594 e. The molecule has 0 atom stereocenters. The van der Waals surface area contributed by atoms with Gasteiger partial charge in [0.05, 0.1) is 13.2 Å². The molecule has 15 heavy (non-hydrogen) atoms. The molecule has 3 nitrogen and oxygen atoms in total. The minimum Gasteiger partial charge on any atom is -0.379 e. The van der Waals surface area contributed by atoms with Gasteiger partial charge in [0.2, 0.25) is 0 Å². The fourth-order valence-corrected chi connectivity index (χ4v) is 3.00. The lowest BCUT2D eigenvalue weighted by atomic mass is 9.97. The highest BCUT2D eigenvalue weighted by atomic mass is 32.2. The first-order valence-electron chi connectivity index (χ1n) is 5.97.